The van der Waals surface area contributed by atoms with Crippen LogP contribution in [0.3, 0.4) is 0 Å². The van der Waals surface area contributed by atoms with Crippen LogP contribution in [0.5, 0.6) is 17.2 Å². The topological polar surface area (TPSA) is 80.9 Å². The van der Waals surface area contributed by atoms with Gasteiger partial charge in [0.25, 0.3) is 0 Å². The Morgan fingerprint density at radius 1 is 0.806 bits per heavy atom. The molecule has 0 atom stereocenters. The molecule has 2 N–H and O–H groups in total. The smallest absolute Gasteiger partial charge is 0.305 e. The predicted molar refractivity (Wildman–Crippen MR) is 120 cm³/mol. The normalized spacial score (nSPS) is 11.1. The van der Waals surface area contributed by atoms with Crippen molar-refractivity contribution < 1.29 is 24.5 Å². The van der Waals surface area contributed by atoms with E-state index in [0.717, 1.165) is 40.4 Å². The molecule has 0 aliphatic carbocycles. The van der Waals surface area contributed by atoms with Crippen LogP contribution in [-0.4, -0.2) is 34.0 Å². The Morgan fingerprint density at radius 3 is 2.26 bits per heavy atom. The molecule has 0 saturated heterocycles. The van der Waals surface area contributed by atoms with Crippen molar-refractivity contribution >= 4 is 27.8 Å². The molecule has 0 amide bonds. The first-order chi connectivity index (χ1) is 15.1. The van der Waals surface area contributed by atoms with Gasteiger partial charge in [-0.3, -0.25) is 4.79 Å². The molecule has 1 heterocycles. The number of carboxylic acid groups (broad SMARTS) is 1. The van der Waals surface area contributed by atoms with Crippen molar-refractivity contribution in [3.8, 4) is 17.2 Å². The fraction of sp³-hybridized carbons (Fsp3) is 0.240. The number of unbranched alkanes of at least 4 members (excludes halogenated alkanes) is 1. The van der Waals surface area contributed by atoms with Gasteiger partial charge < -0.3 is 24.3 Å². The molecule has 0 aliphatic heterocycles. The second-order valence-corrected chi connectivity index (χ2v) is 7.39. The molecule has 3 aromatic carbocycles. The molecule has 0 radical (unpaired) electrons. The highest BCUT2D eigenvalue weighted by molar-refractivity contribution is 6.08. The van der Waals surface area contributed by atoms with Crippen molar-refractivity contribution in [2.75, 3.05) is 13.2 Å². The lowest BCUT2D eigenvalue weighted by molar-refractivity contribution is -0.137. The molecule has 4 aromatic rings. The average Bonchev–Trinajstić information content (AvgIpc) is 3.07. The first-order valence-electron chi connectivity index (χ1n) is 10.4. The van der Waals surface area contributed by atoms with Crippen molar-refractivity contribution in [1.82, 2.24) is 4.57 Å². The van der Waals surface area contributed by atoms with Crippen LogP contribution in [0.25, 0.3) is 21.8 Å². The standard InChI is InChI=1S/C25H25NO5/c27-18-6-5-7-19(16-18)30-14-3-4-15-31-20-10-11-22-21-8-1-2-9-23(21)26(24(22)17-20)13-12-25(28)29/h1-2,5-11,16-17,27H,3-4,12-15H2,(H,28,29). The van der Waals surface area contributed by atoms with Gasteiger partial charge in [-0.05, 0) is 43.2 Å². The first kappa shape index (κ1) is 20.6. The van der Waals surface area contributed by atoms with E-state index in [0.29, 0.717) is 25.5 Å². The number of aliphatic carboxylic acids is 1. The summed E-state index contributed by atoms with van der Waals surface area (Å²) in [6.45, 7) is 1.52. The van der Waals surface area contributed by atoms with E-state index in [-0.39, 0.29) is 12.2 Å². The molecular formula is C25H25NO5. The number of benzene rings is 3. The van der Waals surface area contributed by atoms with Gasteiger partial charge in [-0.15, -0.1) is 0 Å². The molecule has 6 heteroatoms. The van der Waals surface area contributed by atoms with E-state index < -0.39 is 5.97 Å². The largest absolute Gasteiger partial charge is 0.508 e. The lowest BCUT2D eigenvalue weighted by Gasteiger charge is -2.09. The summed E-state index contributed by atoms with van der Waals surface area (Å²) in [5, 5.41) is 20.8. The third-order valence-corrected chi connectivity index (χ3v) is 5.19. The monoisotopic (exact) mass is 419 g/mol. The van der Waals surface area contributed by atoms with Crippen LogP contribution in [-0.2, 0) is 11.3 Å². The first-order valence-corrected chi connectivity index (χ1v) is 10.4. The molecule has 0 unspecified atom stereocenters. The van der Waals surface area contributed by atoms with Gasteiger partial charge in [-0.25, -0.2) is 0 Å². The molecule has 0 saturated carbocycles. The Labute approximate surface area is 180 Å². The van der Waals surface area contributed by atoms with Gasteiger partial charge in [-0.2, -0.15) is 0 Å². The zero-order chi connectivity index (χ0) is 21.6. The van der Waals surface area contributed by atoms with Gasteiger partial charge in [0.05, 0.1) is 25.2 Å². The zero-order valence-electron chi connectivity index (χ0n) is 17.2. The number of aryl methyl sites for hydroxylation is 1. The van der Waals surface area contributed by atoms with E-state index in [9.17, 15) is 9.90 Å². The molecular weight excluding hydrogens is 394 g/mol. The Hall–Kier alpha value is -3.67. The predicted octanol–water partition coefficient (Wildman–Crippen LogP) is 5.21. The Morgan fingerprint density at radius 2 is 1.52 bits per heavy atom. The summed E-state index contributed by atoms with van der Waals surface area (Å²) >= 11 is 0. The van der Waals surface area contributed by atoms with Gasteiger partial charge >= 0.3 is 5.97 Å². The fourth-order valence-corrected chi connectivity index (χ4v) is 3.72. The minimum Gasteiger partial charge on any atom is -0.508 e. The number of hydrogen-bond donors (Lipinski definition) is 2. The second-order valence-electron chi connectivity index (χ2n) is 7.39. The van der Waals surface area contributed by atoms with Crippen LogP contribution < -0.4 is 9.47 Å². The summed E-state index contributed by atoms with van der Waals surface area (Å²) in [5.41, 5.74) is 2.01. The number of nitrogens with zero attached hydrogens (tertiary/aromatic N) is 1. The minimum atomic E-state index is -0.814. The number of ether oxygens (including phenoxy) is 2. The summed E-state index contributed by atoms with van der Waals surface area (Å²) in [6, 6.07) is 20.8. The van der Waals surface area contributed by atoms with E-state index in [1.54, 1.807) is 18.2 Å². The van der Waals surface area contributed by atoms with Crippen LogP contribution in [0.1, 0.15) is 19.3 Å². The number of phenolic OH excluding ortho intramolecular Hbond substituents is 1. The Kier molecular flexibility index (Phi) is 6.26. The van der Waals surface area contributed by atoms with E-state index in [4.69, 9.17) is 14.6 Å². The summed E-state index contributed by atoms with van der Waals surface area (Å²) in [6.07, 6.45) is 1.73. The van der Waals surface area contributed by atoms with E-state index in [2.05, 4.69) is 10.6 Å². The Balaban J connectivity index is 1.38. The summed E-state index contributed by atoms with van der Waals surface area (Å²) in [5.74, 6) is 0.796. The highest BCUT2D eigenvalue weighted by Gasteiger charge is 2.12. The number of aromatic hydroxyl groups is 1. The molecule has 0 aliphatic rings. The maximum atomic E-state index is 11.1. The van der Waals surface area contributed by atoms with E-state index in [1.807, 2.05) is 42.5 Å². The number of phenols is 1. The molecule has 4 rings (SSSR count). The van der Waals surface area contributed by atoms with Crippen molar-refractivity contribution in [2.45, 2.75) is 25.8 Å². The number of fused-ring (bicyclic) bond motifs is 3. The van der Waals surface area contributed by atoms with E-state index in [1.165, 1.54) is 0 Å². The quantitative estimate of drug-likeness (QED) is 0.345. The number of hydrogen-bond acceptors (Lipinski definition) is 4. The molecule has 31 heavy (non-hydrogen) atoms. The maximum absolute atomic E-state index is 11.1. The summed E-state index contributed by atoms with van der Waals surface area (Å²) in [7, 11) is 0. The second kappa shape index (κ2) is 9.43. The summed E-state index contributed by atoms with van der Waals surface area (Å²) < 4.78 is 13.6. The van der Waals surface area contributed by atoms with Crippen LogP contribution in [0.2, 0.25) is 0 Å². The van der Waals surface area contributed by atoms with Gasteiger partial charge in [-0.1, -0.05) is 24.3 Å². The number of carboxylic acids is 1. The SMILES string of the molecule is O=C(O)CCn1c2ccccc2c2ccc(OCCCCOc3cccc(O)c3)cc21. The molecule has 1 aromatic heterocycles. The van der Waals surface area contributed by atoms with Gasteiger partial charge in [0.15, 0.2) is 0 Å². The molecule has 160 valence electrons. The highest BCUT2D eigenvalue weighted by Crippen LogP contribution is 2.32. The van der Waals surface area contributed by atoms with Crippen LogP contribution >= 0.6 is 0 Å². The maximum Gasteiger partial charge on any atom is 0.305 e. The summed E-state index contributed by atoms with van der Waals surface area (Å²) in [4.78, 5) is 11.1. The zero-order valence-corrected chi connectivity index (χ0v) is 17.2. The van der Waals surface area contributed by atoms with Gasteiger partial charge in [0.2, 0.25) is 0 Å². The van der Waals surface area contributed by atoms with Crippen molar-refractivity contribution in [3.05, 3.63) is 66.7 Å². The molecule has 0 fully saturated rings. The molecule has 0 bridgehead atoms. The minimum absolute atomic E-state index is 0.0675. The number of rotatable bonds is 10. The molecule has 6 nitrogen and oxygen atoms in total. The number of aromatic nitrogens is 1. The number of para-hydroxylation sites is 1. The fourth-order valence-electron chi connectivity index (χ4n) is 3.72. The van der Waals surface area contributed by atoms with Crippen molar-refractivity contribution in [2.24, 2.45) is 0 Å². The van der Waals surface area contributed by atoms with Crippen LogP contribution in [0.4, 0.5) is 0 Å². The lowest BCUT2D eigenvalue weighted by Crippen LogP contribution is -2.05. The highest BCUT2D eigenvalue weighted by atomic mass is 16.5. The van der Waals surface area contributed by atoms with Crippen molar-refractivity contribution in [1.29, 1.82) is 0 Å². The third kappa shape index (κ3) is 4.91. The number of carbonyl (C=O) groups is 1. The van der Waals surface area contributed by atoms with Crippen molar-refractivity contribution in [3.63, 3.8) is 0 Å². The van der Waals surface area contributed by atoms with Gasteiger partial charge in [0, 0.05) is 35.0 Å². The van der Waals surface area contributed by atoms with Crippen LogP contribution in [0.15, 0.2) is 66.7 Å². The lowest BCUT2D eigenvalue weighted by atomic mass is 10.1. The molecule has 0 spiro atoms. The van der Waals surface area contributed by atoms with Gasteiger partial charge in [0.1, 0.15) is 17.2 Å². The van der Waals surface area contributed by atoms with E-state index >= 15 is 0 Å². The Bertz CT molecular complexity index is 1200. The third-order valence-electron chi connectivity index (χ3n) is 5.19. The average molecular weight is 419 g/mol. The van der Waals surface area contributed by atoms with Crippen LogP contribution in [0, 0.1) is 0 Å².